The van der Waals surface area contributed by atoms with E-state index in [1.807, 2.05) is 19.1 Å². The molecule has 0 aromatic heterocycles. The molecule has 4 nitrogen and oxygen atoms in total. The number of nitrogens with two attached hydrogens (primary N) is 1. The summed E-state index contributed by atoms with van der Waals surface area (Å²) in [5, 5.41) is 3.36. The van der Waals surface area contributed by atoms with Crippen LogP contribution < -0.4 is 11.1 Å². The van der Waals surface area contributed by atoms with Crippen molar-refractivity contribution in [2.75, 3.05) is 17.3 Å². The van der Waals surface area contributed by atoms with Gasteiger partial charge >= 0.3 is 0 Å². The Kier molecular flexibility index (Phi) is 3.03. The van der Waals surface area contributed by atoms with E-state index in [-0.39, 0.29) is 5.75 Å². The van der Waals surface area contributed by atoms with Crippen molar-refractivity contribution in [2.24, 2.45) is 0 Å². The summed E-state index contributed by atoms with van der Waals surface area (Å²) in [4.78, 5) is 0. The number of benzene rings is 1. The smallest absolute Gasteiger partial charge is 0.151 e. The van der Waals surface area contributed by atoms with Crippen LogP contribution in [0.5, 0.6) is 0 Å². The predicted octanol–water partition coefficient (Wildman–Crippen LogP) is 1.70. The molecule has 0 aliphatic heterocycles. The lowest BCUT2D eigenvalue weighted by molar-refractivity contribution is 0.601. The second-order valence-electron chi connectivity index (χ2n) is 4.79. The molecule has 1 aromatic rings. The van der Waals surface area contributed by atoms with Gasteiger partial charge in [0.1, 0.15) is 0 Å². The highest BCUT2D eigenvalue weighted by Gasteiger charge is 2.23. The van der Waals surface area contributed by atoms with Gasteiger partial charge in [-0.25, -0.2) is 8.42 Å². The van der Waals surface area contributed by atoms with Crippen molar-refractivity contribution in [1.82, 2.24) is 0 Å². The summed E-state index contributed by atoms with van der Waals surface area (Å²) in [7, 11) is -3.05. The van der Waals surface area contributed by atoms with Crippen molar-refractivity contribution in [2.45, 2.75) is 31.6 Å². The molecule has 1 fully saturated rings. The van der Waals surface area contributed by atoms with E-state index in [9.17, 15) is 8.42 Å². The Morgan fingerprint density at radius 1 is 1.41 bits per heavy atom. The first-order chi connectivity index (χ1) is 7.87. The number of nitrogen functional groups attached to an aromatic ring is 1. The highest BCUT2D eigenvalue weighted by atomic mass is 32.2. The van der Waals surface area contributed by atoms with E-state index < -0.39 is 9.84 Å². The number of hydrogen-bond acceptors (Lipinski definition) is 4. The van der Waals surface area contributed by atoms with Gasteiger partial charge < -0.3 is 11.1 Å². The minimum Gasteiger partial charge on any atom is -0.399 e. The van der Waals surface area contributed by atoms with Crippen LogP contribution in [-0.2, 0) is 15.6 Å². The van der Waals surface area contributed by atoms with E-state index in [1.54, 1.807) is 0 Å². The molecule has 0 saturated heterocycles. The van der Waals surface area contributed by atoms with E-state index in [0.717, 1.165) is 29.7 Å². The van der Waals surface area contributed by atoms with Gasteiger partial charge in [-0.3, -0.25) is 0 Å². The minimum atomic E-state index is -3.05. The Morgan fingerprint density at radius 2 is 2.06 bits per heavy atom. The summed E-state index contributed by atoms with van der Waals surface area (Å²) in [5.41, 5.74) is 9.05. The molecule has 5 heteroatoms. The lowest BCUT2D eigenvalue weighted by Gasteiger charge is -2.15. The topological polar surface area (TPSA) is 72.2 Å². The molecule has 1 aliphatic rings. The molecule has 0 amide bonds. The fourth-order valence-electron chi connectivity index (χ4n) is 1.81. The molecule has 0 spiro atoms. The highest BCUT2D eigenvalue weighted by molar-refractivity contribution is 7.89. The van der Waals surface area contributed by atoms with Crippen molar-refractivity contribution in [3.05, 3.63) is 23.3 Å². The van der Waals surface area contributed by atoms with Crippen molar-refractivity contribution in [1.29, 1.82) is 0 Å². The van der Waals surface area contributed by atoms with Gasteiger partial charge in [0.05, 0.1) is 5.75 Å². The van der Waals surface area contributed by atoms with E-state index in [4.69, 9.17) is 5.73 Å². The zero-order valence-electron chi connectivity index (χ0n) is 10.2. The molecule has 0 unspecified atom stereocenters. The van der Waals surface area contributed by atoms with E-state index in [0.29, 0.717) is 11.7 Å². The average Bonchev–Trinajstić information content (AvgIpc) is 3.00. The van der Waals surface area contributed by atoms with Crippen molar-refractivity contribution in [3.8, 4) is 0 Å². The SMILES string of the molecule is Cc1c(N)ccc(NC2CC2)c1CS(C)(=O)=O. The quantitative estimate of drug-likeness (QED) is 0.802. The molecule has 0 radical (unpaired) electrons. The van der Waals surface area contributed by atoms with Crippen LogP contribution in [0.15, 0.2) is 12.1 Å². The normalized spacial score (nSPS) is 15.9. The molecule has 17 heavy (non-hydrogen) atoms. The van der Waals surface area contributed by atoms with Crippen LogP contribution in [0, 0.1) is 6.92 Å². The van der Waals surface area contributed by atoms with E-state index >= 15 is 0 Å². The van der Waals surface area contributed by atoms with Crippen LogP contribution in [0.1, 0.15) is 24.0 Å². The second-order valence-corrected chi connectivity index (χ2v) is 6.93. The first-order valence-corrected chi connectivity index (χ1v) is 7.75. The summed E-state index contributed by atoms with van der Waals surface area (Å²) in [5.74, 6) is 0.0406. The fourth-order valence-corrected chi connectivity index (χ4v) is 2.70. The third-order valence-electron chi connectivity index (χ3n) is 2.98. The summed E-state index contributed by atoms with van der Waals surface area (Å²) >= 11 is 0. The van der Waals surface area contributed by atoms with Crippen LogP contribution in [0.4, 0.5) is 11.4 Å². The molecular formula is C12H18N2O2S. The Hall–Kier alpha value is -1.23. The maximum absolute atomic E-state index is 11.4. The van der Waals surface area contributed by atoms with Crippen molar-refractivity contribution >= 4 is 21.2 Å². The van der Waals surface area contributed by atoms with Gasteiger partial charge in [0.25, 0.3) is 0 Å². The lowest BCUT2D eigenvalue weighted by Crippen LogP contribution is -2.10. The van der Waals surface area contributed by atoms with Crippen molar-refractivity contribution in [3.63, 3.8) is 0 Å². The predicted molar refractivity (Wildman–Crippen MR) is 70.8 cm³/mol. The summed E-state index contributed by atoms with van der Waals surface area (Å²) in [6.07, 6.45) is 3.56. The third-order valence-corrected chi connectivity index (χ3v) is 3.80. The molecule has 0 heterocycles. The van der Waals surface area contributed by atoms with Crippen LogP contribution >= 0.6 is 0 Å². The monoisotopic (exact) mass is 254 g/mol. The van der Waals surface area contributed by atoms with Crippen LogP contribution in [0.25, 0.3) is 0 Å². The van der Waals surface area contributed by atoms with Gasteiger partial charge in [0.15, 0.2) is 9.84 Å². The largest absolute Gasteiger partial charge is 0.399 e. The zero-order chi connectivity index (χ0) is 12.6. The number of sulfone groups is 1. The lowest BCUT2D eigenvalue weighted by atomic mass is 10.1. The van der Waals surface area contributed by atoms with Crippen molar-refractivity contribution < 1.29 is 8.42 Å². The van der Waals surface area contributed by atoms with Gasteiger partial charge in [-0.05, 0) is 43.0 Å². The Balaban J connectivity index is 2.39. The maximum atomic E-state index is 11.4. The molecule has 1 aliphatic carbocycles. The Bertz CT molecular complexity index is 534. The van der Waals surface area contributed by atoms with E-state index in [1.165, 1.54) is 6.26 Å². The standard InChI is InChI=1S/C12H18N2O2S/c1-8-10(7-17(2,15)16)12(6-5-11(8)13)14-9-3-4-9/h5-6,9,14H,3-4,7,13H2,1-2H3. The fraction of sp³-hybridized carbons (Fsp3) is 0.500. The molecule has 2 rings (SSSR count). The summed E-state index contributed by atoms with van der Waals surface area (Å²) in [6.45, 7) is 1.87. The average molecular weight is 254 g/mol. The first kappa shape index (κ1) is 12.2. The summed E-state index contributed by atoms with van der Waals surface area (Å²) in [6, 6.07) is 4.20. The molecule has 0 atom stereocenters. The molecule has 1 aromatic carbocycles. The molecule has 94 valence electrons. The molecule has 0 bridgehead atoms. The molecular weight excluding hydrogens is 236 g/mol. The maximum Gasteiger partial charge on any atom is 0.151 e. The van der Waals surface area contributed by atoms with E-state index in [2.05, 4.69) is 5.32 Å². The Morgan fingerprint density at radius 3 is 2.59 bits per heavy atom. The number of anilines is 2. The second kappa shape index (κ2) is 4.22. The number of nitrogens with one attached hydrogen (secondary N) is 1. The van der Waals surface area contributed by atoms with Gasteiger partial charge in [-0.1, -0.05) is 0 Å². The first-order valence-electron chi connectivity index (χ1n) is 5.69. The third kappa shape index (κ3) is 3.12. The number of rotatable bonds is 4. The van der Waals surface area contributed by atoms with Gasteiger partial charge in [-0.2, -0.15) is 0 Å². The highest BCUT2D eigenvalue weighted by Crippen LogP contribution is 2.31. The van der Waals surface area contributed by atoms with Crippen LogP contribution in [0.3, 0.4) is 0 Å². The van der Waals surface area contributed by atoms with Crippen LogP contribution in [-0.4, -0.2) is 20.7 Å². The molecule has 1 saturated carbocycles. The number of hydrogen-bond donors (Lipinski definition) is 2. The molecule has 3 N–H and O–H groups in total. The van der Waals surface area contributed by atoms with Gasteiger partial charge in [-0.15, -0.1) is 0 Å². The van der Waals surface area contributed by atoms with Gasteiger partial charge in [0.2, 0.25) is 0 Å². The minimum absolute atomic E-state index is 0.0406. The Labute approximate surface area is 102 Å². The van der Waals surface area contributed by atoms with Crippen LogP contribution in [0.2, 0.25) is 0 Å². The van der Waals surface area contributed by atoms with Gasteiger partial charge in [0, 0.05) is 23.7 Å². The zero-order valence-corrected chi connectivity index (χ0v) is 11.0. The summed E-state index contributed by atoms with van der Waals surface area (Å²) < 4.78 is 22.9.